The number of carbonyl (C=O) groups is 1. The van der Waals surface area contributed by atoms with Gasteiger partial charge in [0.05, 0.1) is 13.2 Å². The van der Waals surface area contributed by atoms with Crippen LogP contribution in [0.4, 0.5) is 4.79 Å². The molecule has 1 amide bonds. The maximum absolute atomic E-state index is 12.1. The first-order valence-electron chi connectivity index (χ1n) is 10.4. The number of aliphatic imine (C=N–C) groups is 1. The fraction of sp³-hybridized carbons (Fsp3) is 0.900. The van der Waals surface area contributed by atoms with Gasteiger partial charge in [0, 0.05) is 46.4 Å². The van der Waals surface area contributed by atoms with Gasteiger partial charge in [0.2, 0.25) is 0 Å². The van der Waals surface area contributed by atoms with Crippen LogP contribution in [0.5, 0.6) is 0 Å². The van der Waals surface area contributed by atoms with Crippen molar-refractivity contribution in [3.63, 3.8) is 0 Å². The number of nitrogens with one attached hydrogen (secondary N) is 2. The molecule has 29 heavy (non-hydrogen) atoms. The Bertz CT molecular complexity index is 464. The smallest absolute Gasteiger partial charge is 0.410 e. The number of likely N-dealkylation sites (tertiary alicyclic amines) is 1. The summed E-state index contributed by atoms with van der Waals surface area (Å²) in [7, 11) is 1.67. The highest BCUT2D eigenvalue weighted by atomic mass is 127. The Kier molecular flexibility index (Phi) is 15.5. The van der Waals surface area contributed by atoms with Gasteiger partial charge in [-0.2, -0.15) is 0 Å². The lowest BCUT2D eigenvalue weighted by Gasteiger charge is -2.33. The summed E-state index contributed by atoms with van der Waals surface area (Å²) in [6.07, 6.45) is 2.62. The molecule has 8 nitrogen and oxygen atoms in total. The van der Waals surface area contributed by atoms with Gasteiger partial charge in [0.25, 0.3) is 0 Å². The van der Waals surface area contributed by atoms with Gasteiger partial charge in [0.1, 0.15) is 5.60 Å². The average molecular weight is 528 g/mol. The van der Waals surface area contributed by atoms with Gasteiger partial charge in [-0.05, 0) is 52.9 Å². The summed E-state index contributed by atoms with van der Waals surface area (Å²) in [5.74, 6) is 1.33. The highest BCUT2D eigenvalue weighted by molar-refractivity contribution is 14.0. The molecule has 0 radical (unpaired) electrons. The van der Waals surface area contributed by atoms with Crippen LogP contribution >= 0.6 is 24.0 Å². The van der Waals surface area contributed by atoms with Crippen molar-refractivity contribution in [3.05, 3.63) is 0 Å². The van der Waals surface area contributed by atoms with Crippen LogP contribution in [-0.2, 0) is 14.2 Å². The lowest BCUT2D eigenvalue weighted by molar-refractivity contribution is 0.0187. The number of ether oxygens (including phenoxy) is 3. The molecule has 0 saturated carbocycles. The standard InChI is InChI=1S/C20H40N4O4.HI/c1-6-21-18(22-10-7-13-27-15-14-26-5)23-16-17-8-11-24(12-9-17)19(25)28-20(2,3)4;/h17H,6-16H2,1-5H3,(H2,21,22,23);1H. The third kappa shape index (κ3) is 13.9. The number of carbonyl (C=O) groups excluding carboxylic acids is 1. The molecule has 1 saturated heterocycles. The maximum Gasteiger partial charge on any atom is 0.410 e. The number of hydrogen-bond acceptors (Lipinski definition) is 5. The molecule has 0 unspecified atom stereocenters. The molecule has 172 valence electrons. The molecule has 1 rings (SSSR count). The summed E-state index contributed by atoms with van der Waals surface area (Å²) < 4.78 is 15.9. The summed E-state index contributed by atoms with van der Waals surface area (Å²) in [6.45, 7) is 13.6. The number of halogens is 1. The van der Waals surface area contributed by atoms with E-state index in [1.807, 2.05) is 20.8 Å². The summed E-state index contributed by atoms with van der Waals surface area (Å²) in [6, 6.07) is 0. The highest BCUT2D eigenvalue weighted by Crippen LogP contribution is 2.19. The predicted molar refractivity (Wildman–Crippen MR) is 127 cm³/mol. The van der Waals surface area contributed by atoms with Crippen LogP contribution in [0.2, 0.25) is 0 Å². The van der Waals surface area contributed by atoms with Crippen LogP contribution in [0.3, 0.4) is 0 Å². The van der Waals surface area contributed by atoms with E-state index in [2.05, 4.69) is 17.6 Å². The van der Waals surface area contributed by atoms with E-state index in [-0.39, 0.29) is 30.1 Å². The highest BCUT2D eigenvalue weighted by Gasteiger charge is 2.26. The molecule has 1 aliphatic rings. The monoisotopic (exact) mass is 528 g/mol. The van der Waals surface area contributed by atoms with E-state index in [0.29, 0.717) is 25.7 Å². The molecule has 0 atom stereocenters. The first-order valence-corrected chi connectivity index (χ1v) is 10.4. The molecule has 0 aromatic carbocycles. The van der Waals surface area contributed by atoms with Crippen LogP contribution in [0.25, 0.3) is 0 Å². The van der Waals surface area contributed by atoms with Gasteiger partial charge >= 0.3 is 6.09 Å². The van der Waals surface area contributed by atoms with E-state index in [1.165, 1.54) is 0 Å². The Labute approximate surface area is 193 Å². The van der Waals surface area contributed by atoms with Crippen LogP contribution in [0.15, 0.2) is 4.99 Å². The van der Waals surface area contributed by atoms with Crippen molar-refractivity contribution in [2.75, 3.05) is 59.7 Å². The van der Waals surface area contributed by atoms with Crippen molar-refractivity contribution < 1.29 is 19.0 Å². The van der Waals surface area contributed by atoms with Crippen molar-refractivity contribution in [3.8, 4) is 0 Å². The van der Waals surface area contributed by atoms with Crippen LogP contribution in [0.1, 0.15) is 47.0 Å². The third-order valence-corrected chi connectivity index (χ3v) is 4.31. The van der Waals surface area contributed by atoms with E-state index in [9.17, 15) is 4.79 Å². The van der Waals surface area contributed by atoms with Gasteiger partial charge in [-0.25, -0.2) is 4.79 Å². The molecular weight excluding hydrogens is 487 g/mol. The molecule has 1 fully saturated rings. The topological polar surface area (TPSA) is 84.4 Å². The minimum Gasteiger partial charge on any atom is -0.444 e. The second-order valence-electron chi connectivity index (χ2n) is 8.02. The number of rotatable bonds is 10. The van der Waals surface area contributed by atoms with Crippen LogP contribution in [-0.4, -0.2) is 82.2 Å². The Morgan fingerprint density at radius 3 is 2.41 bits per heavy atom. The van der Waals surface area contributed by atoms with Crippen LogP contribution < -0.4 is 10.6 Å². The minimum absolute atomic E-state index is 0. The second-order valence-corrected chi connectivity index (χ2v) is 8.02. The summed E-state index contributed by atoms with van der Waals surface area (Å²) in [4.78, 5) is 18.7. The number of guanidine groups is 1. The SMILES string of the molecule is CCNC(=NCC1CCN(C(=O)OC(C)(C)C)CC1)NCCCOCCOC.I. The van der Waals surface area contributed by atoms with Crippen molar-refractivity contribution in [2.45, 2.75) is 52.6 Å². The fourth-order valence-electron chi connectivity index (χ4n) is 2.81. The zero-order valence-electron chi connectivity index (χ0n) is 18.8. The Hall–Kier alpha value is -0.810. The molecule has 0 aromatic heterocycles. The molecule has 2 N–H and O–H groups in total. The minimum atomic E-state index is -0.445. The van der Waals surface area contributed by atoms with Gasteiger partial charge < -0.3 is 29.7 Å². The number of methoxy groups -OCH3 is 1. The van der Waals surface area contributed by atoms with Gasteiger partial charge in [0.15, 0.2) is 5.96 Å². The Morgan fingerprint density at radius 2 is 1.83 bits per heavy atom. The van der Waals surface area contributed by atoms with Gasteiger partial charge in [-0.15, -0.1) is 24.0 Å². The van der Waals surface area contributed by atoms with Gasteiger partial charge in [-0.1, -0.05) is 0 Å². The second kappa shape index (κ2) is 16.0. The normalized spacial score (nSPS) is 15.6. The van der Waals surface area contributed by atoms with Crippen molar-refractivity contribution in [1.29, 1.82) is 0 Å². The fourth-order valence-corrected chi connectivity index (χ4v) is 2.81. The van der Waals surface area contributed by atoms with E-state index in [4.69, 9.17) is 19.2 Å². The number of amides is 1. The van der Waals surface area contributed by atoms with E-state index >= 15 is 0 Å². The van der Waals surface area contributed by atoms with E-state index in [0.717, 1.165) is 57.9 Å². The third-order valence-electron chi connectivity index (χ3n) is 4.31. The summed E-state index contributed by atoms with van der Waals surface area (Å²) in [5, 5.41) is 6.63. The molecule has 0 aliphatic carbocycles. The van der Waals surface area contributed by atoms with Crippen molar-refractivity contribution >= 4 is 36.0 Å². The summed E-state index contributed by atoms with van der Waals surface area (Å²) in [5.41, 5.74) is -0.445. The predicted octanol–water partition coefficient (Wildman–Crippen LogP) is 2.86. The molecular formula is C20H41IN4O4. The first kappa shape index (κ1) is 28.2. The molecule has 1 aliphatic heterocycles. The number of nitrogens with zero attached hydrogens (tertiary/aromatic N) is 2. The van der Waals surface area contributed by atoms with Crippen LogP contribution in [0, 0.1) is 5.92 Å². The lowest BCUT2D eigenvalue weighted by atomic mass is 9.97. The number of hydrogen-bond donors (Lipinski definition) is 2. The summed E-state index contributed by atoms with van der Waals surface area (Å²) >= 11 is 0. The van der Waals surface area contributed by atoms with Crippen molar-refractivity contribution in [1.82, 2.24) is 15.5 Å². The van der Waals surface area contributed by atoms with E-state index < -0.39 is 5.60 Å². The molecule has 9 heteroatoms. The molecule has 0 spiro atoms. The van der Waals surface area contributed by atoms with E-state index in [1.54, 1.807) is 12.0 Å². The lowest BCUT2D eigenvalue weighted by Crippen LogP contribution is -2.42. The number of piperidine rings is 1. The first-order chi connectivity index (χ1) is 13.4. The zero-order valence-corrected chi connectivity index (χ0v) is 21.1. The Morgan fingerprint density at radius 1 is 1.14 bits per heavy atom. The molecule has 0 aromatic rings. The molecule has 0 bridgehead atoms. The zero-order chi connectivity index (χ0) is 20.8. The quantitative estimate of drug-likeness (QED) is 0.196. The maximum atomic E-state index is 12.1. The largest absolute Gasteiger partial charge is 0.444 e. The van der Waals surface area contributed by atoms with Gasteiger partial charge in [-0.3, -0.25) is 4.99 Å². The van der Waals surface area contributed by atoms with Crippen molar-refractivity contribution in [2.24, 2.45) is 10.9 Å². The molecule has 1 heterocycles. The average Bonchev–Trinajstić information content (AvgIpc) is 2.64. The Balaban J connectivity index is 0.00000784.